The maximum absolute atomic E-state index is 13.1. The van der Waals surface area contributed by atoms with E-state index in [1.165, 1.54) is 25.7 Å². The lowest BCUT2D eigenvalue weighted by molar-refractivity contribution is 0.0390. The minimum absolute atomic E-state index is 0.111. The second kappa shape index (κ2) is 10.7. The molecule has 1 heterocycles. The van der Waals surface area contributed by atoms with Crippen molar-refractivity contribution in [1.82, 2.24) is 10.2 Å². The number of amides is 2. The molecule has 5 heteroatoms. The van der Waals surface area contributed by atoms with Gasteiger partial charge in [-0.2, -0.15) is 0 Å². The van der Waals surface area contributed by atoms with E-state index >= 15 is 0 Å². The minimum atomic E-state index is -0.111. The molecule has 1 aliphatic carbocycles. The zero-order chi connectivity index (χ0) is 22.3. The Balaban J connectivity index is 1.29. The van der Waals surface area contributed by atoms with Crippen molar-refractivity contribution in [3.63, 3.8) is 0 Å². The van der Waals surface area contributed by atoms with Crippen molar-refractivity contribution >= 4 is 11.8 Å². The van der Waals surface area contributed by atoms with Crippen LogP contribution >= 0.6 is 0 Å². The van der Waals surface area contributed by atoms with E-state index in [0.29, 0.717) is 36.2 Å². The quantitative estimate of drug-likeness (QED) is 0.678. The van der Waals surface area contributed by atoms with Gasteiger partial charge in [0.25, 0.3) is 11.8 Å². The molecule has 2 unspecified atom stereocenters. The van der Waals surface area contributed by atoms with Gasteiger partial charge in [-0.3, -0.25) is 9.59 Å². The average molecular weight is 435 g/mol. The van der Waals surface area contributed by atoms with E-state index in [2.05, 4.69) is 10.2 Å². The molecule has 2 amide bonds. The Morgan fingerprint density at radius 1 is 0.938 bits per heavy atom. The molecule has 1 N–H and O–H groups in total. The van der Waals surface area contributed by atoms with Crippen molar-refractivity contribution in [1.29, 1.82) is 0 Å². The average Bonchev–Trinajstić information content (AvgIpc) is 2.84. The van der Waals surface area contributed by atoms with Crippen LogP contribution in [0.2, 0.25) is 0 Å². The monoisotopic (exact) mass is 434 g/mol. The molecule has 4 rings (SSSR count). The fraction of sp³-hybridized carbons (Fsp3) is 0.481. The van der Waals surface area contributed by atoms with E-state index in [4.69, 9.17) is 4.74 Å². The highest BCUT2D eigenvalue weighted by Crippen LogP contribution is 2.35. The Morgan fingerprint density at radius 2 is 1.62 bits per heavy atom. The van der Waals surface area contributed by atoms with E-state index in [0.717, 1.165) is 37.1 Å². The second-order valence-electron chi connectivity index (χ2n) is 8.91. The first-order chi connectivity index (χ1) is 15.7. The molecule has 2 fully saturated rings. The first-order valence-electron chi connectivity index (χ1n) is 12.1. The number of carbonyl (C=O) groups is 2. The molecule has 5 nitrogen and oxygen atoms in total. The molecule has 1 saturated carbocycles. The van der Waals surface area contributed by atoms with Gasteiger partial charge in [-0.25, -0.2) is 0 Å². The summed E-state index contributed by atoms with van der Waals surface area (Å²) in [5.74, 6) is 1.53. The molecular weight excluding hydrogens is 400 g/mol. The molecule has 2 aliphatic rings. The van der Waals surface area contributed by atoms with Crippen molar-refractivity contribution in [3.05, 3.63) is 65.2 Å². The van der Waals surface area contributed by atoms with Crippen molar-refractivity contribution in [3.8, 4) is 5.75 Å². The summed E-state index contributed by atoms with van der Waals surface area (Å²) >= 11 is 0. The minimum Gasteiger partial charge on any atom is -0.494 e. The highest BCUT2D eigenvalue weighted by molar-refractivity contribution is 5.98. The van der Waals surface area contributed by atoms with Crippen LogP contribution in [0.3, 0.4) is 0 Å². The molecule has 170 valence electrons. The zero-order valence-electron chi connectivity index (χ0n) is 19.0. The number of hydrogen-bond donors (Lipinski definition) is 1. The molecular formula is C27H34N2O3. The molecule has 0 radical (unpaired) electrons. The van der Waals surface area contributed by atoms with E-state index in [1.807, 2.05) is 31.2 Å². The Morgan fingerprint density at radius 3 is 2.38 bits per heavy atom. The molecule has 2 atom stereocenters. The van der Waals surface area contributed by atoms with Crippen LogP contribution in [0, 0.1) is 5.92 Å². The van der Waals surface area contributed by atoms with Crippen LogP contribution in [0.1, 0.15) is 71.7 Å². The summed E-state index contributed by atoms with van der Waals surface area (Å²) in [6, 6.07) is 15.5. The molecule has 32 heavy (non-hydrogen) atoms. The van der Waals surface area contributed by atoms with Crippen molar-refractivity contribution in [2.75, 3.05) is 19.7 Å². The normalized spacial score (nSPS) is 20.3. The maximum atomic E-state index is 13.1. The van der Waals surface area contributed by atoms with E-state index in [9.17, 15) is 9.59 Å². The lowest BCUT2D eigenvalue weighted by Gasteiger charge is -2.44. The number of benzene rings is 2. The number of rotatable bonds is 7. The fourth-order valence-corrected chi connectivity index (χ4v) is 5.15. The number of nitrogens with one attached hydrogen (secondary N) is 1. The van der Waals surface area contributed by atoms with Gasteiger partial charge >= 0.3 is 0 Å². The van der Waals surface area contributed by atoms with Gasteiger partial charge in [0.1, 0.15) is 5.75 Å². The largest absolute Gasteiger partial charge is 0.494 e. The van der Waals surface area contributed by atoms with E-state index in [1.54, 1.807) is 24.3 Å². The third-order valence-corrected chi connectivity index (χ3v) is 6.83. The third-order valence-electron chi connectivity index (χ3n) is 6.83. The van der Waals surface area contributed by atoms with Gasteiger partial charge in [0.15, 0.2) is 0 Å². The Hall–Kier alpha value is -2.82. The van der Waals surface area contributed by atoms with Crippen LogP contribution in [-0.4, -0.2) is 42.5 Å². The fourth-order valence-electron chi connectivity index (χ4n) is 5.15. The molecule has 0 spiro atoms. The summed E-state index contributed by atoms with van der Waals surface area (Å²) in [5.41, 5.74) is 2.42. The summed E-state index contributed by atoms with van der Waals surface area (Å²) < 4.78 is 5.46. The first-order valence-corrected chi connectivity index (χ1v) is 12.1. The van der Waals surface area contributed by atoms with Crippen LogP contribution in [0.5, 0.6) is 5.75 Å². The Bertz CT molecular complexity index is 906. The van der Waals surface area contributed by atoms with Gasteiger partial charge in [0, 0.05) is 30.3 Å². The SMILES string of the molecule is CCOc1ccc(CCNC(=O)c2ccc(C(=O)N3CCCC4CCCCC43)cc2)cc1. The van der Waals surface area contributed by atoms with Gasteiger partial charge < -0.3 is 15.0 Å². The smallest absolute Gasteiger partial charge is 0.254 e. The third kappa shape index (κ3) is 5.32. The Kier molecular flexibility index (Phi) is 7.46. The number of ether oxygens (including phenoxy) is 1. The summed E-state index contributed by atoms with van der Waals surface area (Å²) in [6.07, 6.45) is 8.01. The molecule has 2 aromatic carbocycles. The van der Waals surface area contributed by atoms with Crippen LogP contribution in [0.4, 0.5) is 0 Å². The topological polar surface area (TPSA) is 58.6 Å². The van der Waals surface area contributed by atoms with Gasteiger partial charge in [0.05, 0.1) is 6.61 Å². The number of nitrogens with zero attached hydrogens (tertiary/aromatic N) is 1. The predicted molar refractivity (Wildman–Crippen MR) is 126 cm³/mol. The molecule has 0 aromatic heterocycles. The summed E-state index contributed by atoms with van der Waals surface area (Å²) in [4.78, 5) is 27.8. The van der Waals surface area contributed by atoms with Crippen LogP contribution in [0.25, 0.3) is 0 Å². The van der Waals surface area contributed by atoms with E-state index in [-0.39, 0.29) is 11.8 Å². The van der Waals surface area contributed by atoms with Gasteiger partial charge in [-0.15, -0.1) is 0 Å². The van der Waals surface area contributed by atoms with Crippen LogP contribution in [0.15, 0.2) is 48.5 Å². The molecule has 1 saturated heterocycles. The highest BCUT2D eigenvalue weighted by atomic mass is 16.5. The molecule has 1 aliphatic heterocycles. The van der Waals surface area contributed by atoms with Gasteiger partial charge in [-0.05, 0) is 86.9 Å². The number of carbonyl (C=O) groups excluding carboxylic acids is 2. The molecule has 0 bridgehead atoms. The van der Waals surface area contributed by atoms with Crippen molar-refractivity contribution < 1.29 is 14.3 Å². The Labute approximate surface area is 191 Å². The predicted octanol–water partition coefficient (Wildman–Crippen LogP) is 4.85. The van der Waals surface area contributed by atoms with Crippen molar-refractivity contribution in [2.45, 2.75) is 57.9 Å². The second-order valence-corrected chi connectivity index (χ2v) is 8.91. The highest BCUT2D eigenvalue weighted by Gasteiger charge is 2.35. The number of likely N-dealkylation sites (tertiary alicyclic amines) is 1. The number of piperidine rings is 1. The standard InChI is InChI=1S/C27H34N2O3/c1-2-32-24-15-9-20(10-16-24)17-18-28-26(30)22-11-13-23(14-12-22)27(31)29-19-5-7-21-6-3-4-8-25(21)29/h9-16,21,25H,2-8,17-19H2,1H3,(H,28,30). The van der Waals surface area contributed by atoms with Gasteiger partial charge in [-0.1, -0.05) is 25.0 Å². The summed E-state index contributed by atoms with van der Waals surface area (Å²) in [7, 11) is 0. The van der Waals surface area contributed by atoms with Crippen molar-refractivity contribution in [2.24, 2.45) is 5.92 Å². The van der Waals surface area contributed by atoms with Crippen LogP contribution < -0.4 is 10.1 Å². The first kappa shape index (κ1) is 22.4. The zero-order valence-corrected chi connectivity index (χ0v) is 19.0. The van der Waals surface area contributed by atoms with Crippen LogP contribution in [-0.2, 0) is 6.42 Å². The number of hydrogen-bond acceptors (Lipinski definition) is 3. The summed E-state index contributed by atoms with van der Waals surface area (Å²) in [5, 5.41) is 2.97. The maximum Gasteiger partial charge on any atom is 0.254 e. The number of fused-ring (bicyclic) bond motifs is 1. The van der Waals surface area contributed by atoms with E-state index < -0.39 is 0 Å². The molecule has 2 aromatic rings. The summed E-state index contributed by atoms with van der Waals surface area (Å²) in [6.45, 7) is 4.03. The lowest BCUT2D eigenvalue weighted by Crippen LogP contribution is -2.49. The lowest BCUT2D eigenvalue weighted by atomic mass is 9.78. The van der Waals surface area contributed by atoms with Gasteiger partial charge in [0.2, 0.25) is 0 Å².